The van der Waals surface area contributed by atoms with E-state index in [-0.39, 0.29) is 11.1 Å². The molecule has 0 unspecified atom stereocenters. The van der Waals surface area contributed by atoms with Crippen LogP contribution in [0.15, 0.2) is 0 Å². The maximum absolute atomic E-state index is 5.87. The summed E-state index contributed by atoms with van der Waals surface area (Å²) in [4.78, 5) is 0. The lowest BCUT2D eigenvalue weighted by Gasteiger charge is -2.27. The Bertz CT molecular complexity index is 122. The van der Waals surface area contributed by atoms with Crippen molar-refractivity contribution >= 4 is 0 Å². The van der Waals surface area contributed by atoms with Crippen molar-refractivity contribution in [3.05, 3.63) is 0 Å². The smallest absolute Gasteiger partial charge is 0.0122 e. The van der Waals surface area contributed by atoms with Crippen LogP contribution in [0, 0.1) is 0 Å². The number of nitrogens with two attached hydrogens (primary N) is 1. The van der Waals surface area contributed by atoms with Gasteiger partial charge in [0.25, 0.3) is 0 Å². The lowest BCUT2D eigenvalue weighted by Crippen LogP contribution is -2.43. The molecule has 74 valence electrons. The molecule has 0 aliphatic rings. The molecule has 0 aliphatic carbocycles. The molecule has 3 N–H and O–H groups in total. The summed E-state index contributed by atoms with van der Waals surface area (Å²) in [6.45, 7) is 11.8. The Morgan fingerprint density at radius 1 is 1.17 bits per heavy atom. The molecule has 0 saturated heterocycles. The largest absolute Gasteiger partial charge is 0.326 e. The van der Waals surface area contributed by atoms with Crippen LogP contribution in [0.5, 0.6) is 0 Å². The molecule has 0 spiro atoms. The maximum atomic E-state index is 5.87. The molecule has 0 saturated carbocycles. The number of hydrogen-bond donors (Lipinski definition) is 2. The van der Waals surface area contributed by atoms with Crippen LogP contribution in [0.1, 0.15) is 47.5 Å². The summed E-state index contributed by atoms with van der Waals surface area (Å²) < 4.78 is 0. The quantitative estimate of drug-likeness (QED) is 0.664. The van der Waals surface area contributed by atoms with E-state index in [4.69, 9.17) is 5.73 Å². The lowest BCUT2D eigenvalue weighted by molar-refractivity contribution is 0.348. The molecule has 2 heteroatoms. The summed E-state index contributed by atoms with van der Waals surface area (Å²) in [5.74, 6) is 0. The summed E-state index contributed by atoms with van der Waals surface area (Å²) >= 11 is 0. The van der Waals surface area contributed by atoms with Crippen molar-refractivity contribution in [3.63, 3.8) is 0 Å². The number of nitrogens with one attached hydrogen (secondary N) is 1. The highest BCUT2D eigenvalue weighted by Crippen LogP contribution is 2.08. The molecule has 0 radical (unpaired) electrons. The third-order valence-corrected chi connectivity index (χ3v) is 2.26. The molecule has 0 fully saturated rings. The first-order valence-electron chi connectivity index (χ1n) is 4.81. The van der Waals surface area contributed by atoms with Gasteiger partial charge < -0.3 is 11.1 Å². The molecule has 0 aliphatic heterocycles. The van der Waals surface area contributed by atoms with Gasteiger partial charge in [-0.3, -0.25) is 0 Å². The minimum absolute atomic E-state index is 0.0448. The highest BCUT2D eigenvalue weighted by atomic mass is 15.0. The third kappa shape index (κ3) is 6.62. The van der Waals surface area contributed by atoms with E-state index < -0.39 is 0 Å². The molecule has 0 aromatic rings. The Morgan fingerprint density at radius 3 is 2.00 bits per heavy atom. The van der Waals surface area contributed by atoms with Gasteiger partial charge in [0.05, 0.1) is 0 Å². The van der Waals surface area contributed by atoms with Crippen molar-refractivity contribution < 1.29 is 0 Å². The van der Waals surface area contributed by atoms with Crippen LogP contribution in [0.3, 0.4) is 0 Å². The third-order valence-electron chi connectivity index (χ3n) is 2.26. The van der Waals surface area contributed by atoms with Crippen LogP contribution in [0.25, 0.3) is 0 Å². The monoisotopic (exact) mass is 172 g/mol. The first-order chi connectivity index (χ1) is 5.27. The van der Waals surface area contributed by atoms with E-state index in [0.717, 1.165) is 19.4 Å². The topological polar surface area (TPSA) is 38.0 Å². The van der Waals surface area contributed by atoms with Gasteiger partial charge in [0.15, 0.2) is 0 Å². The van der Waals surface area contributed by atoms with Crippen LogP contribution in [0.2, 0.25) is 0 Å². The van der Waals surface area contributed by atoms with Crippen molar-refractivity contribution in [3.8, 4) is 0 Å². The Morgan fingerprint density at radius 2 is 1.67 bits per heavy atom. The molecular weight excluding hydrogens is 148 g/mol. The Balaban J connectivity index is 3.57. The van der Waals surface area contributed by atoms with Gasteiger partial charge in [0.1, 0.15) is 0 Å². The van der Waals surface area contributed by atoms with E-state index in [1.807, 2.05) is 0 Å². The molecule has 0 heterocycles. The molecule has 0 aromatic heterocycles. The standard InChI is InChI=1S/C10H24N2/c1-6-10(4,5)12-8-7-9(2,3)11/h12H,6-8,11H2,1-5H3. The summed E-state index contributed by atoms with van der Waals surface area (Å²) in [6, 6.07) is 0. The lowest BCUT2D eigenvalue weighted by atomic mass is 9.99. The van der Waals surface area contributed by atoms with Crippen molar-refractivity contribution in [2.24, 2.45) is 5.73 Å². The van der Waals surface area contributed by atoms with Gasteiger partial charge in [-0.1, -0.05) is 6.92 Å². The van der Waals surface area contributed by atoms with Gasteiger partial charge in [0.2, 0.25) is 0 Å². The normalized spacial score (nSPS) is 13.5. The van der Waals surface area contributed by atoms with Crippen molar-refractivity contribution in [1.82, 2.24) is 5.32 Å². The zero-order valence-corrected chi connectivity index (χ0v) is 9.20. The summed E-state index contributed by atoms with van der Waals surface area (Å²) in [6.07, 6.45) is 2.18. The van der Waals surface area contributed by atoms with Crippen LogP contribution in [-0.2, 0) is 0 Å². The molecule has 0 rings (SSSR count). The highest BCUT2D eigenvalue weighted by Gasteiger charge is 2.15. The molecule has 0 atom stereocenters. The fraction of sp³-hybridized carbons (Fsp3) is 1.00. The summed E-state index contributed by atoms with van der Waals surface area (Å²) in [5, 5.41) is 3.49. The van der Waals surface area contributed by atoms with Crippen LogP contribution in [0.4, 0.5) is 0 Å². The SMILES string of the molecule is CCC(C)(C)NCCC(C)(C)N. The van der Waals surface area contributed by atoms with Crippen LogP contribution >= 0.6 is 0 Å². The van der Waals surface area contributed by atoms with Gasteiger partial charge >= 0.3 is 0 Å². The fourth-order valence-corrected chi connectivity index (χ4v) is 0.848. The van der Waals surface area contributed by atoms with Gasteiger partial charge in [-0.15, -0.1) is 0 Å². The second-order valence-electron chi connectivity index (χ2n) is 4.90. The Kier molecular flexibility index (Phi) is 4.21. The van der Waals surface area contributed by atoms with Gasteiger partial charge in [-0.25, -0.2) is 0 Å². The van der Waals surface area contributed by atoms with Crippen LogP contribution in [-0.4, -0.2) is 17.6 Å². The minimum Gasteiger partial charge on any atom is -0.326 e. The number of rotatable bonds is 5. The van der Waals surface area contributed by atoms with Gasteiger partial charge in [-0.05, 0) is 47.1 Å². The van der Waals surface area contributed by atoms with E-state index in [2.05, 4.69) is 39.9 Å². The zero-order valence-electron chi connectivity index (χ0n) is 9.20. The average molecular weight is 172 g/mol. The molecular formula is C10H24N2. The molecule has 0 amide bonds. The van der Waals surface area contributed by atoms with Gasteiger partial charge in [0, 0.05) is 11.1 Å². The maximum Gasteiger partial charge on any atom is 0.0122 e. The first-order valence-corrected chi connectivity index (χ1v) is 4.81. The van der Waals surface area contributed by atoms with Gasteiger partial charge in [-0.2, -0.15) is 0 Å². The number of hydrogen-bond acceptors (Lipinski definition) is 2. The predicted octanol–water partition coefficient (Wildman–Crippen LogP) is 1.89. The van der Waals surface area contributed by atoms with Crippen molar-refractivity contribution in [1.29, 1.82) is 0 Å². The highest BCUT2D eigenvalue weighted by molar-refractivity contribution is 4.79. The molecule has 2 nitrogen and oxygen atoms in total. The predicted molar refractivity (Wildman–Crippen MR) is 55.3 cm³/mol. The Hall–Kier alpha value is -0.0800. The Labute approximate surface area is 76.9 Å². The second kappa shape index (κ2) is 4.24. The van der Waals surface area contributed by atoms with E-state index in [1.165, 1.54) is 0 Å². The van der Waals surface area contributed by atoms with Crippen molar-refractivity contribution in [2.75, 3.05) is 6.54 Å². The van der Waals surface area contributed by atoms with E-state index >= 15 is 0 Å². The molecule has 12 heavy (non-hydrogen) atoms. The van der Waals surface area contributed by atoms with E-state index in [0.29, 0.717) is 0 Å². The second-order valence-corrected chi connectivity index (χ2v) is 4.90. The average Bonchev–Trinajstić information content (AvgIpc) is 1.84. The van der Waals surface area contributed by atoms with E-state index in [9.17, 15) is 0 Å². The van der Waals surface area contributed by atoms with E-state index in [1.54, 1.807) is 0 Å². The zero-order chi connectivity index (χ0) is 9.83. The molecule has 0 aromatic carbocycles. The fourth-order valence-electron chi connectivity index (χ4n) is 0.848. The minimum atomic E-state index is -0.0448. The van der Waals surface area contributed by atoms with Crippen molar-refractivity contribution in [2.45, 2.75) is 58.5 Å². The van der Waals surface area contributed by atoms with Crippen LogP contribution < -0.4 is 11.1 Å². The summed E-state index contributed by atoms with van der Waals surface area (Å²) in [5.41, 5.74) is 6.08. The molecule has 0 bridgehead atoms. The summed E-state index contributed by atoms with van der Waals surface area (Å²) in [7, 11) is 0. The first kappa shape index (κ1) is 11.9.